The highest BCUT2D eigenvalue weighted by atomic mass is 16.5. The summed E-state index contributed by atoms with van der Waals surface area (Å²) in [7, 11) is 0. The first kappa shape index (κ1) is 34.8. The first-order valence-electron chi connectivity index (χ1n) is 15.3. The molecule has 3 rings (SSSR count). The highest BCUT2D eigenvalue weighted by Gasteiger charge is 2.25. The number of esters is 1. The molecule has 45 heavy (non-hydrogen) atoms. The number of amides is 2. The molecule has 0 aliphatic rings. The fourth-order valence-corrected chi connectivity index (χ4v) is 4.76. The van der Waals surface area contributed by atoms with Gasteiger partial charge in [0.05, 0.1) is 24.6 Å². The zero-order valence-corrected chi connectivity index (χ0v) is 25.7. The summed E-state index contributed by atoms with van der Waals surface area (Å²) >= 11 is 0. The van der Waals surface area contributed by atoms with Gasteiger partial charge in [-0.15, -0.1) is 13.2 Å². The molecular formula is C37H44N2O6. The van der Waals surface area contributed by atoms with Gasteiger partial charge in [0, 0.05) is 12.8 Å². The van der Waals surface area contributed by atoms with Crippen LogP contribution in [0.4, 0.5) is 0 Å². The average Bonchev–Trinajstić information content (AvgIpc) is 3.06. The maximum absolute atomic E-state index is 13.4. The van der Waals surface area contributed by atoms with Gasteiger partial charge in [-0.05, 0) is 54.5 Å². The second-order valence-electron chi connectivity index (χ2n) is 10.9. The molecular weight excluding hydrogens is 568 g/mol. The van der Waals surface area contributed by atoms with Gasteiger partial charge in [0.2, 0.25) is 11.8 Å². The first-order valence-corrected chi connectivity index (χ1v) is 15.3. The summed E-state index contributed by atoms with van der Waals surface area (Å²) in [6.07, 6.45) is 5.04. The number of aliphatic hydroxyl groups is 1. The molecule has 0 spiro atoms. The van der Waals surface area contributed by atoms with E-state index in [2.05, 4.69) is 23.8 Å². The van der Waals surface area contributed by atoms with Gasteiger partial charge in [0.25, 0.3) is 0 Å². The summed E-state index contributed by atoms with van der Waals surface area (Å²) in [5, 5.41) is 15.8. The molecule has 8 heteroatoms. The molecule has 0 fully saturated rings. The van der Waals surface area contributed by atoms with Crippen molar-refractivity contribution in [3.8, 4) is 5.75 Å². The molecule has 3 aromatic rings. The Bertz CT molecular complexity index is 1340. The van der Waals surface area contributed by atoms with Crippen LogP contribution < -0.4 is 15.4 Å². The Kier molecular flexibility index (Phi) is 15.1. The predicted octanol–water partition coefficient (Wildman–Crippen LogP) is 5.10. The van der Waals surface area contributed by atoms with Crippen molar-refractivity contribution in [2.75, 3.05) is 13.2 Å². The summed E-state index contributed by atoms with van der Waals surface area (Å²) in [6.45, 7) is 7.59. The highest BCUT2D eigenvalue weighted by molar-refractivity contribution is 5.86. The number of carbonyl (C=O) groups is 3. The third-order valence-electron chi connectivity index (χ3n) is 7.16. The lowest BCUT2D eigenvalue weighted by Crippen LogP contribution is -2.45. The maximum Gasteiger partial charge on any atom is 0.306 e. The van der Waals surface area contributed by atoms with Crippen LogP contribution in [-0.2, 0) is 38.6 Å². The van der Waals surface area contributed by atoms with Crippen molar-refractivity contribution in [2.24, 2.45) is 5.92 Å². The fraction of sp³-hybridized carbons (Fsp3) is 0.324. The summed E-state index contributed by atoms with van der Waals surface area (Å²) in [5.41, 5.74) is 2.97. The lowest BCUT2D eigenvalue weighted by atomic mass is 9.98. The molecule has 0 aliphatic carbocycles. The quantitative estimate of drug-likeness (QED) is 0.121. The molecule has 2 amide bonds. The molecule has 3 aromatic carbocycles. The van der Waals surface area contributed by atoms with Gasteiger partial charge >= 0.3 is 5.97 Å². The van der Waals surface area contributed by atoms with E-state index >= 15 is 0 Å². The second-order valence-corrected chi connectivity index (χ2v) is 10.9. The van der Waals surface area contributed by atoms with E-state index < -0.39 is 18.0 Å². The molecule has 0 radical (unpaired) electrons. The molecule has 0 aliphatic heterocycles. The Morgan fingerprint density at radius 2 is 1.40 bits per heavy atom. The molecule has 0 unspecified atom stereocenters. The van der Waals surface area contributed by atoms with Gasteiger partial charge in [0.1, 0.15) is 19.0 Å². The summed E-state index contributed by atoms with van der Waals surface area (Å²) in [5.74, 6) is -1.01. The molecule has 0 heterocycles. The zero-order valence-electron chi connectivity index (χ0n) is 25.7. The van der Waals surface area contributed by atoms with Gasteiger partial charge in [0.15, 0.2) is 0 Å². The number of carbonyl (C=O) groups excluding carboxylic acids is 3. The van der Waals surface area contributed by atoms with E-state index in [1.165, 1.54) is 0 Å². The standard InChI is InChI=1S/C37H44N2O6/c1-3-5-17-36(42)45-27-33(23-28-13-8-6-9-14-28)39-37(43)31(12-4-2)24-35(41)38-32(25-40)22-29-18-20-34(21-19-29)44-26-30-15-10-7-11-16-30/h3-4,6-11,13-16,18-21,31-33,40H,1-2,5,12,17,22-27H2,(H,38,41)(H,39,43)/t31-,32+,33-/m1/s1. The molecule has 0 aromatic heterocycles. The molecule has 3 atom stereocenters. The molecule has 0 saturated heterocycles. The summed E-state index contributed by atoms with van der Waals surface area (Å²) < 4.78 is 11.3. The van der Waals surface area contributed by atoms with Crippen LogP contribution in [-0.4, -0.2) is 48.2 Å². The number of hydrogen-bond acceptors (Lipinski definition) is 6. The third-order valence-corrected chi connectivity index (χ3v) is 7.16. The summed E-state index contributed by atoms with van der Waals surface area (Å²) in [4.78, 5) is 38.5. The lowest BCUT2D eigenvalue weighted by Gasteiger charge is -2.23. The van der Waals surface area contributed by atoms with Crippen LogP contribution in [0.15, 0.2) is 110 Å². The van der Waals surface area contributed by atoms with Crippen LogP contribution in [0.1, 0.15) is 42.4 Å². The SMILES string of the molecule is C=CCCC(=O)OC[C@@H](Cc1ccccc1)NC(=O)[C@H](CC=C)CC(=O)N[C@H](CO)Cc1ccc(OCc2ccccc2)cc1. The lowest BCUT2D eigenvalue weighted by molar-refractivity contribution is -0.145. The van der Waals surface area contributed by atoms with Crippen LogP contribution in [0.2, 0.25) is 0 Å². The minimum atomic E-state index is -0.683. The maximum atomic E-state index is 13.4. The fourth-order valence-electron chi connectivity index (χ4n) is 4.76. The van der Waals surface area contributed by atoms with Gasteiger partial charge in [-0.1, -0.05) is 84.9 Å². The van der Waals surface area contributed by atoms with Crippen molar-refractivity contribution in [1.29, 1.82) is 0 Å². The number of benzene rings is 3. The van der Waals surface area contributed by atoms with E-state index in [-0.39, 0.29) is 50.3 Å². The Morgan fingerprint density at radius 1 is 0.778 bits per heavy atom. The Balaban J connectivity index is 1.55. The van der Waals surface area contributed by atoms with E-state index in [0.29, 0.717) is 25.9 Å². The molecule has 0 bridgehead atoms. The predicted molar refractivity (Wildman–Crippen MR) is 175 cm³/mol. The smallest absolute Gasteiger partial charge is 0.306 e. The topological polar surface area (TPSA) is 114 Å². The molecule has 3 N–H and O–H groups in total. The van der Waals surface area contributed by atoms with Gasteiger partial charge in [-0.25, -0.2) is 0 Å². The van der Waals surface area contributed by atoms with E-state index in [1.54, 1.807) is 12.2 Å². The normalized spacial score (nSPS) is 12.6. The minimum absolute atomic E-state index is 0.00624. The van der Waals surface area contributed by atoms with Crippen LogP contribution in [0.3, 0.4) is 0 Å². The number of allylic oxidation sites excluding steroid dienone is 2. The van der Waals surface area contributed by atoms with Crippen molar-refractivity contribution in [3.63, 3.8) is 0 Å². The Labute approximate surface area is 266 Å². The van der Waals surface area contributed by atoms with E-state index in [0.717, 1.165) is 22.4 Å². The van der Waals surface area contributed by atoms with Crippen LogP contribution in [0.25, 0.3) is 0 Å². The molecule has 238 valence electrons. The van der Waals surface area contributed by atoms with Crippen molar-refractivity contribution in [3.05, 3.63) is 127 Å². The third kappa shape index (κ3) is 13.2. The Morgan fingerprint density at radius 3 is 2.02 bits per heavy atom. The van der Waals surface area contributed by atoms with Gasteiger partial charge in [-0.2, -0.15) is 0 Å². The first-order chi connectivity index (χ1) is 21.9. The van der Waals surface area contributed by atoms with Crippen molar-refractivity contribution in [1.82, 2.24) is 10.6 Å². The van der Waals surface area contributed by atoms with Crippen LogP contribution >= 0.6 is 0 Å². The molecule has 8 nitrogen and oxygen atoms in total. The number of aliphatic hydroxyl groups excluding tert-OH is 1. The summed E-state index contributed by atoms with van der Waals surface area (Å²) in [6, 6.07) is 26.0. The monoisotopic (exact) mass is 612 g/mol. The van der Waals surface area contributed by atoms with E-state index in [1.807, 2.05) is 84.9 Å². The van der Waals surface area contributed by atoms with Crippen LogP contribution in [0, 0.1) is 5.92 Å². The second kappa shape index (κ2) is 19.6. The van der Waals surface area contributed by atoms with Crippen LogP contribution in [0.5, 0.6) is 5.75 Å². The zero-order chi connectivity index (χ0) is 32.3. The van der Waals surface area contributed by atoms with Crippen molar-refractivity contribution >= 4 is 17.8 Å². The average molecular weight is 613 g/mol. The number of nitrogens with one attached hydrogen (secondary N) is 2. The highest BCUT2D eigenvalue weighted by Crippen LogP contribution is 2.16. The molecule has 0 saturated carbocycles. The minimum Gasteiger partial charge on any atom is -0.489 e. The van der Waals surface area contributed by atoms with Crippen molar-refractivity contribution in [2.45, 2.75) is 57.2 Å². The number of rotatable bonds is 20. The van der Waals surface area contributed by atoms with E-state index in [9.17, 15) is 19.5 Å². The van der Waals surface area contributed by atoms with E-state index in [4.69, 9.17) is 9.47 Å². The largest absolute Gasteiger partial charge is 0.489 e. The van der Waals surface area contributed by atoms with Gasteiger partial charge < -0.3 is 25.2 Å². The number of ether oxygens (including phenoxy) is 2. The Hall–Kier alpha value is -4.69. The number of hydrogen-bond donors (Lipinski definition) is 3. The van der Waals surface area contributed by atoms with Gasteiger partial charge in [-0.3, -0.25) is 14.4 Å². The van der Waals surface area contributed by atoms with Crippen molar-refractivity contribution < 1.29 is 29.0 Å².